The van der Waals surface area contributed by atoms with Crippen molar-refractivity contribution in [3.8, 4) is 5.75 Å². The van der Waals surface area contributed by atoms with Gasteiger partial charge in [-0.15, -0.1) is 0 Å². The normalized spacial score (nSPS) is 12.3. The third kappa shape index (κ3) is 4.93. The Kier molecular flexibility index (Phi) is 6.40. The Bertz CT molecular complexity index is 401. The maximum absolute atomic E-state index is 11.9. The number of rotatable bonds is 7. The lowest BCUT2D eigenvalue weighted by atomic mass is 10.0. The van der Waals surface area contributed by atoms with Gasteiger partial charge in [0.25, 0.3) is 5.91 Å². The lowest BCUT2D eigenvalue weighted by Gasteiger charge is -2.18. The lowest BCUT2D eigenvalue weighted by Crippen LogP contribution is -2.36. The van der Waals surface area contributed by atoms with Crippen molar-refractivity contribution in [2.45, 2.75) is 52.6 Å². The highest BCUT2D eigenvalue weighted by Crippen LogP contribution is 2.26. The molecule has 1 atom stereocenters. The number of para-hydroxylation sites is 1. The molecule has 1 aromatic carbocycles. The van der Waals surface area contributed by atoms with Gasteiger partial charge in [-0.2, -0.15) is 0 Å². The molecule has 0 bridgehead atoms. The molecule has 0 aliphatic heterocycles. The van der Waals surface area contributed by atoms with Gasteiger partial charge in [0.15, 0.2) is 6.10 Å². The minimum atomic E-state index is -0.461. The summed E-state index contributed by atoms with van der Waals surface area (Å²) in [6.07, 6.45) is 1.61. The maximum Gasteiger partial charge on any atom is 0.260 e. The number of carbonyl (C=O) groups excluding carboxylic acids is 1. The van der Waals surface area contributed by atoms with Gasteiger partial charge in [0.1, 0.15) is 5.75 Å². The minimum absolute atomic E-state index is 0.0491. The van der Waals surface area contributed by atoms with E-state index < -0.39 is 6.10 Å². The molecule has 0 saturated carbocycles. The second-order valence-corrected chi connectivity index (χ2v) is 5.10. The van der Waals surface area contributed by atoms with Gasteiger partial charge in [-0.3, -0.25) is 4.79 Å². The van der Waals surface area contributed by atoms with Crippen molar-refractivity contribution in [3.63, 3.8) is 0 Å². The first kappa shape index (κ1) is 15.5. The highest BCUT2D eigenvalue weighted by molar-refractivity contribution is 5.80. The number of amides is 1. The number of ether oxygens (including phenoxy) is 1. The topological polar surface area (TPSA) is 38.3 Å². The van der Waals surface area contributed by atoms with Crippen molar-refractivity contribution in [2.24, 2.45) is 0 Å². The third-order valence-electron chi connectivity index (χ3n) is 3.04. The minimum Gasteiger partial charge on any atom is -0.481 e. The van der Waals surface area contributed by atoms with Crippen molar-refractivity contribution in [2.75, 3.05) is 6.54 Å². The fraction of sp³-hybridized carbons (Fsp3) is 0.562. The van der Waals surface area contributed by atoms with E-state index in [1.807, 2.05) is 24.3 Å². The molecular formula is C16H25NO2. The van der Waals surface area contributed by atoms with Crippen LogP contribution in [0.5, 0.6) is 5.75 Å². The zero-order valence-electron chi connectivity index (χ0n) is 12.4. The van der Waals surface area contributed by atoms with Crippen LogP contribution in [0.2, 0.25) is 0 Å². The summed E-state index contributed by atoms with van der Waals surface area (Å²) in [4.78, 5) is 11.9. The smallest absolute Gasteiger partial charge is 0.260 e. The van der Waals surface area contributed by atoms with Crippen molar-refractivity contribution >= 4 is 5.91 Å². The van der Waals surface area contributed by atoms with E-state index >= 15 is 0 Å². The molecule has 1 rings (SSSR count). The number of nitrogens with one attached hydrogen (secondary N) is 1. The molecular weight excluding hydrogens is 238 g/mol. The Morgan fingerprint density at radius 1 is 1.26 bits per heavy atom. The van der Waals surface area contributed by atoms with Crippen LogP contribution >= 0.6 is 0 Å². The first-order valence-electron chi connectivity index (χ1n) is 7.09. The summed E-state index contributed by atoms with van der Waals surface area (Å²) in [5.41, 5.74) is 1.13. The van der Waals surface area contributed by atoms with E-state index in [0.29, 0.717) is 5.92 Å². The molecule has 3 nitrogen and oxygen atoms in total. The summed E-state index contributed by atoms with van der Waals surface area (Å²) in [7, 11) is 0. The zero-order valence-corrected chi connectivity index (χ0v) is 12.4. The van der Waals surface area contributed by atoms with Gasteiger partial charge in [-0.05, 0) is 30.9 Å². The molecule has 3 heteroatoms. The number of hydrogen-bond acceptors (Lipinski definition) is 2. The van der Waals surface area contributed by atoms with Crippen LogP contribution in [0, 0.1) is 0 Å². The standard InChI is InChI=1S/C16H25NO2/c1-5-6-11-17-16(18)13(4)19-15-10-8-7-9-14(15)12(2)3/h7-10,12-13H,5-6,11H2,1-4H3,(H,17,18)/t13-/m1/s1. The van der Waals surface area contributed by atoms with Gasteiger partial charge in [0.2, 0.25) is 0 Å². The van der Waals surface area contributed by atoms with Crippen molar-refractivity contribution < 1.29 is 9.53 Å². The summed E-state index contributed by atoms with van der Waals surface area (Å²) in [6, 6.07) is 7.89. The van der Waals surface area contributed by atoms with Crippen LogP contribution in [0.1, 0.15) is 52.0 Å². The molecule has 106 valence electrons. The van der Waals surface area contributed by atoms with E-state index in [4.69, 9.17) is 4.74 Å². The van der Waals surface area contributed by atoms with Gasteiger partial charge < -0.3 is 10.1 Å². The van der Waals surface area contributed by atoms with Crippen LogP contribution in [0.3, 0.4) is 0 Å². The van der Waals surface area contributed by atoms with Crippen molar-refractivity contribution in [3.05, 3.63) is 29.8 Å². The van der Waals surface area contributed by atoms with Gasteiger partial charge in [0, 0.05) is 6.54 Å². The van der Waals surface area contributed by atoms with E-state index in [1.54, 1.807) is 6.92 Å². The zero-order chi connectivity index (χ0) is 14.3. The van der Waals surface area contributed by atoms with E-state index in [1.165, 1.54) is 0 Å². The monoisotopic (exact) mass is 263 g/mol. The van der Waals surface area contributed by atoms with Crippen LogP contribution in [0.25, 0.3) is 0 Å². The Labute approximate surface area is 116 Å². The molecule has 1 amide bonds. The second kappa shape index (κ2) is 7.82. The molecule has 0 spiro atoms. The van der Waals surface area contributed by atoms with Crippen LogP contribution in [0.4, 0.5) is 0 Å². The molecule has 1 aromatic rings. The predicted molar refractivity (Wildman–Crippen MR) is 78.5 cm³/mol. The predicted octanol–water partition coefficient (Wildman–Crippen LogP) is 3.49. The van der Waals surface area contributed by atoms with E-state index in [9.17, 15) is 4.79 Å². The van der Waals surface area contributed by atoms with Gasteiger partial charge in [0.05, 0.1) is 0 Å². The summed E-state index contributed by atoms with van der Waals surface area (Å²) in [5.74, 6) is 1.13. The quantitative estimate of drug-likeness (QED) is 0.765. The molecule has 1 N–H and O–H groups in total. The molecule has 19 heavy (non-hydrogen) atoms. The van der Waals surface area contributed by atoms with Crippen LogP contribution in [0.15, 0.2) is 24.3 Å². The molecule has 0 fully saturated rings. The molecule has 0 aliphatic rings. The Morgan fingerprint density at radius 2 is 1.95 bits per heavy atom. The highest BCUT2D eigenvalue weighted by atomic mass is 16.5. The Morgan fingerprint density at radius 3 is 2.58 bits per heavy atom. The van der Waals surface area contributed by atoms with Crippen LogP contribution in [-0.2, 0) is 4.79 Å². The van der Waals surface area contributed by atoms with E-state index in [0.717, 1.165) is 30.7 Å². The Hall–Kier alpha value is -1.51. The van der Waals surface area contributed by atoms with E-state index in [-0.39, 0.29) is 5.91 Å². The molecule has 0 unspecified atom stereocenters. The van der Waals surface area contributed by atoms with Gasteiger partial charge >= 0.3 is 0 Å². The highest BCUT2D eigenvalue weighted by Gasteiger charge is 2.16. The summed E-state index contributed by atoms with van der Waals surface area (Å²) < 4.78 is 5.79. The second-order valence-electron chi connectivity index (χ2n) is 5.10. The number of unbranched alkanes of at least 4 members (excludes halogenated alkanes) is 1. The molecule has 0 aliphatic carbocycles. The average molecular weight is 263 g/mol. The van der Waals surface area contributed by atoms with Crippen LogP contribution < -0.4 is 10.1 Å². The van der Waals surface area contributed by atoms with Crippen molar-refractivity contribution in [1.29, 1.82) is 0 Å². The number of hydrogen-bond donors (Lipinski definition) is 1. The summed E-state index contributed by atoms with van der Waals surface area (Å²) in [6.45, 7) is 8.85. The Balaban J connectivity index is 2.61. The number of benzene rings is 1. The SMILES string of the molecule is CCCCNC(=O)[C@@H](C)Oc1ccccc1C(C)C. The third-order valence-corrected chi connectivity index (χ3v) is 3.04. The lowest BCUT2D eigenvalue weighted by molar-refractivity contribution is -0.127. The van der Waals surface area contributed by atoms with Gasteiger partial charge in [-0.1, -0.05) is 45.4 Å². The maximum atomic E-state index is 11.9. The number of carbonyl (C=O) groups is 1. The summed E-state index contributed by atoms with van der Waals surface area (Å²) >= 11 is 0. The van der Waals surface area contributed by atoms with Crippen LogP contribution in [-0.4, -0.2) is 18.6 Å². The molecule has 0 radical (unpaired) electrons. The molecule has 0 saturated heterocycles. The largest absolute Gasteiger partial charge is 0.481 e. The summed E-state index contributed by atoms with van der Waals surface area (Å²) in [5, 5.41) is 2.89. The fourth-order valence-corrected chi connectivity index (χ4v) is 1.84. The van der Waals surface area contributed by atoms with Gasteiger partial charge in [-0.25, -0.2) is 0 Å². The fourth-order valence-electron chi connectivity index (χ4n) is 1.84. The molecule has 0 aromatic heterocycles. The first-order chi connectivity index (χ1) is 9.06. The average Bonchev–Trinajstić information content (AvgIpc) is 2.39. The van der Waals surface area contributed by atoms with Crippen molar-refractivity contribution in [1.82, 2.24) is 5.32 Å². The molecule has 0 heterocycles. The van der Waals surface area contributed by atoms with E-state index in [2.05, 4.69) is 26.1 Å². The first-order valence-corrected chi connectivity index (χ1v) is 7.09.